The highest BCUT2D eigenvalue weighted by molar-refractivity contribution is 5.29. The van der Waals surface area contributed by atoms with Crippen LogP contribution in [0.3, 0.4) is 0 Å². The lowest BCUT2D eigenvalue weighted by Crippen LogP contribution is -2.46. The summed E-state index contributed by atoms with van der Waals surface area (Å²) in [5.74, 6) is -0.211. The van der Waals surface area contributed by atoms with Gasteiger partial charge < -0.3 is 15.8 Å². The van der Waals surface area contributed by atoms with Gasteiger partial charge in [0.25, 0.3) is 0 Å². The molecule has 0 radical (unpaired) electrons. The molecular weight excluding hydrogens is 271 g/mol. The van der Waals surface area contributed by atoms with Crippen molar-refractivity contribution in [1.29, 1.82) is 0 Å². The summed E-state index contributed by atoms with van der Waals surface area (Å²) < 4.78 is 40.2. The van der Waals surface area contributed by atoms with E-state index in [4.69, 9.17) is 5.73 Å². The standard InChI is InChI=1S/C13H18F3N3O/c14-13(15,16)20-11-3-1-10(2-4-11)12(9-17)19-7-5-18-6-8-19/h1-4,12,18H,5-9,17H2. The van der Waals surface area contributed by atoms with Crippen molar-refractivity contribution in [2.75, 3.05) is 32.7 Å². The molecule has 20 heavy (non-hydrogen) atoms. The molecule has 3 N–H and O–H groups in total. The lowest BCUT2D eigenvalue weighted by atomic mass is 10.0. The number of alkyl halides is 3. The van der Waals surface area contributed by atoms with Gasteiger partial charge in [0.2, 0.25) is 0 Å². The molecule has 0 aromatic heterocycles. The Hall–Kier alpha value is -1.31. The molecule has 1 aliphatic heterocycles. The molecule has 1 aromatic rings. The van der Waals surface area contributed by atoms with Gasteiger partial charge in [-0.3, -0.25) is 4.90 Å². The number of hydrogen-bond donors (Lipinski definition) is 2. The van der Waals surface area contributed by atoms with Crippen molar-refractivity contribution in [3.8, 4) is 5.75 Å². The third-order valence-electron chi connectivity index (χ3n) is 3.31. The summed E-state index contributed by atoms with van der Waals surface area (Å²) in [6.07, 6.45) is -4.66. The van der Waals surface area contributed by atoms with Gasteiger partial charge in [-0.15, -0.1) is 13.2 Å². The Morgan fingerprint density at radius 2 is 1.80 bits per heavy atom. The van der Waals surface area contributed by atoms with Crippen molar-refractivity contribution >= 4 is 0 Å². The minimum Gasteiger partial charge on any atom is -0.406 e. The van der Waals surface area contributed by atoms with Crippen molar-refractivity contribution in [3.63, 3.8) is 0 Å². The van der Waals surface area contributed by atoms with Crippen LogP contribution in [-0.2, 0) is 0 Å². The monoisotopic (exact) mass is 289 g/mol. The van der Waals surface area contributed by atoms with Crippen LogP contribution in [0.25, 0.3) is 0 Å². The first kappa shape index (κ1) is 15.1. The Morgan fingerprint density at radius 3 is 2.30 bits per heavy atom. The second-order valence-electron chi connectivity index (χ2n) is 4.65. The van der Waals surface area contributed by atoms with Gasteiger partial charge in [-0.1, -0.05) is 12.1 Å². The zero-order chi connectivity index (χ0) is 14.6. The molecule has 2 rings (SSSR count). The van der Waals surface area contributed by atoms with E-state index in [2.05, 4.69) is 15.0 Å². The first-order chi connectivity index (χ1) is 9.49. The first-order valence-corrected chi connectivity index (χ1v) is 6.50. The smallest absolute Gasteiger partial charge is 0.406 e. The van der Waals surface area contributed by atoms with Gasteiger partial charge in [-0.25, -0.2) is 0 Å². The Bertz CT molecular complexity index is 416. The molecule has 1 fully saturated rings. The van der Waals surface area contributed by atoms with E-state index >= 15 is 0 Å². The van der Waals surface area contributed by atoms with Crippen LogP contribution >= 0.6 is 0 Å². The van der Waals surface area contributed by atoms with Crippen LogP contribution in [0.2, 0.25) is 0 Å². The fraction of sp³-hybridized carbons (Fsp3) is 0.538. The fourth-order valence-corrected chi connectivity index (χ4v) is 2.38. The Labute approximate surface area is 115 Å². The van der Waals surface area contributed by atoms with E-state index in [1.807, 2.05) is 0 Å². The molecule has 0 aliphatic carbocycles. The molecule has 1 unspecified atom stereocenters. The normalized spacial score (nSPS) is 18.8. The molecular formula is C13H18F3N3O. The Morgan fingerprint density at radius 1 is 1.20 bits per heavy atom. The highest BCUT2D eigenvalue weighted by atomic mass is 19.4. The van der Waals surface area contributed by atoms with Gasteiger partial charge in [-0.2, -0.15) is 0 Å². The molecule has 0 spiro atoms. The van der Waals surface area contributed by atoms with Gasteiger partial charge in [-0.05, 0) is 17.7 Å². The SMILES string of the molecule is NCC(c1ccc(OC(F)(F)F)cc1)N1CCNCC1. The summed E-state index contributed by atoms with van der Waals surface area (Å²) in [5.41, 5.74) is 6.71. The fourth-order valence-electron chi connectivity index (χ4n) is 2.38. The van der Waals surface area contributed by atoms with Gasteiger partial charge in [0.1, 0.15) is 5.75 Å². The van der Waals surface area contributed by atoms with Crippen LogP contribution in [-0.4, -0.2) is 44.0 Å². The van der Waals surface area contributed by atoms with Crippen molar-refractivity contribution < 1.29 is 17.9 Å². The zero-order valence-corrected chi connectivity index (χ0v) is 11.0. The van der Waals surface area contributed by atoms with Crippen molar-refractivity contribution in [2.24, 2.45) is 5.73 Å². The number of ether oxygens (including phenoxy) is 1. The van der Waals surface area contributed by atoms with E-state index in [9.17, 15) is 13.2 Å². The third kappa shape index (κ3) is 4.09. The van der Waals surface area contributed by atoms with Gasteiger partial charge in [0.05, 0.1) is 0 Å². The number of piperazine rings is 1. The molecule has 1 heterocycles. The molecule has 1 aromatic carbocycles. The van der Waals surface area contributed by atoms with Crippen LogP contribution < -0.4 is 15.8 Å². The van der Waals surface area contributed by atoms with E-state index in [1.165, 1.54) is 12.1 Å². The van der Waals surface area contributed by atoms with Crippen LogP contribution in [0.5, 0.6) is 5.75 Å². The highest BCUT2D eigenvalue weighted by Gasteiger charge is 2.31. The zero-order valence-electron chi connectivity index (χ0n) is 11.0. The van der Waals surface area contributed by atoms with E-state index in [1.54, 1.807) is 12.1 Å². The predicted molar refractivity (Wildman–Crippen MR) is 69.4 cm³/mol. The van der Waals surface area contributed by atoms with Crippen molar-refractivity contribution in [1.82, 2.24) is 10.2 Å². The van der Waals surface area contributed by atoms with Gasteiger partial charge in [0, 0.05) is 38.8 Å². The molecule has 0 bridgehead atoms. The number of halogens is 3. The van der Waals surface area contributed by atoms with E-state index in [-0.39, 0.29) is 11.8 Å². The molecule has 1 atom stereocenters. The minimum absolute atomic E-state index is 0.0250. The number of benzene rings is 1. The maximum Gasteiger partial charge on any atom is 0.573 e. The molecule has 112 valence electrons. The van der Waals surface area contributed by atoms with Crippen molar-refractivity contribution in [3.05, 3.63) is 29.8 Å². The van der Waals surface area contributed by atoms with E-state index in [0.29, 0.717) is 6.54 Å². The summed E-state index contributed by atoms with van der Waals surface area (Å²) in [5, 5.41) is 3.25. The van der Waals surface area contributed by atoms with E-state index < -0.39 is 6.36 Å². The number of nitrogens with two attached hydrogens (primary N) is 1. The van der Waals surface area contributed by atoms with Crippen LogP contribution in [0.1, 0.15) is 11.6 Å². The second-order valence-corrected chi connectivity index (χ2v) is 4.65. The molecule has 7 heteroatoms. The Balaban J connectivity index is 2.06. The summed E-state index contributed by atoms with van der Waals surface area (Å²) in [6.45, 7) is 3.97. The highest BCUT2D eigenvalue weighted by Crippen LogP contribution is 2.26. The number of hydrogen-bond acceptors (Lipinski definition) is 4. The molecule has 0 saturated carbocycles. The average molecular weight is 289 g/mol. The predicted octanol–water partition coefficient (Wildman–Crippen LogP) is 1.49. The topological polar surface area (TPSA) is 50.5 Å². The number of nitrogens with one attached hydrogen (secondary N) is 1. The first-order valence-electron chi connectivity index (χ1n) is 6.50. The summed E-state index contributed by atoms with van der Waals surface area (Å²) >= 11 is 0. The quantitative estimate of drug-likeness (QED) is 0.882. The third-order valence-corrected chi connectivity index (χ3v) is 3.31. The second kappa shape index (κ2) is 6.43. The summed E-state index contributed by atoms with van der Waals surface area (Å²) in [6, 6.07) is 5.96. The Kier molecular flexibility index (Phi) is 4.85. The van der Waals surface area contributed by atoms with Crippen molar-refractivity contribution in [2.45, 2.75) is 12.4 Å². The van der Waals surface area contributed by atoms with Crippen LogP contribution in [0, 0.1) is 0 Å². The number of rotatable bonds is 4. The maximum atomic E-state index is 12.1. The number of nitrogens with zero attached hydrogens (tertiary/aromatic N) is 1. The van der Waals surface area contributed by atoms with Gasteiger partial charge >= 0.3 is 6.36 Å². The van der Waals surface area contributed by atoms with Crippen LogP contribution in [0.15, 0.2) is 24.3 Å². The summed E-state index contributed by atoms with van der Waals surface area (Å²) in [4.78, 5) is 2.23. The lowest BCUT2D eigenvalue weighted by molar-refractivity contribution is -0.274. The largest absolute Gasteiger partial charge is 0.573 e. The van der Waals surface area contributed by atoms with E-state index in [0.717, 1.165) is 31.7 Å². The average Bonchev–Trinajstić information content (AvgIpc) is 2.41. The molecule has 0 amide bonds. The lowest BCUT2D eigenvalue weighted by Gasteiger charge is -2.34. The maximum absolute atomic E-state index is 12.1. The molecule has 1 saturated heterocycles. The van der Waals surface area contributed by atoms with Gasteiger partial charge in [0.15, 0.2) is 0 Å². The minimum atomic E-state index is -4.66. The molecule has 1 aliphatic rings. The molecule has 4 nitrogen and oxygen atoms in total. The summed E-state index contributed by atoms with van der Waals surface area (Å²) in [7, 11) is 0. The van der Waals surface area contributed by atoms with Crippen LogP contribution in [0.4, 0.5) is 13.2 Å².